The van der Waals surface area contributed by atoms with Crippen LogP contribution in [0.25, 0.3) is 0 Å². The van der Waals surface area contributed by atoms with Gasteiger partial charge in [-0.15, -0.1) is 0 Å². The number of halogens is 1. The molecule has 0 fully saturated rings. The van der Waals surface area contributed by atoms with Crippen molar-refractivity contribution in [3.05, 3.63) is 34.9 Å². The minimum atomic E-state index is -0.542. The molecule has 0 bridgehead atoms. The van der Waals surface area contributed by atoms with Crippen LogP contribution in [0.5, 0.6) is 0 Å². The molecule has 1 amide bonds. The Kier molecular flexibility index (Phi) is 3.17. The van der Waals surface area contributed by atoms with Crippen LogP contribution in [0.1, 0.15) is 19.4 Å². The molecular weight excluding hydrogens is 198 g/mol. The number of likely N-dealkylation sites (N-methyl/N-ethyl adjacent to an activating group) is 1. The molecule has 0 heterocycles. The van der Waals surface area contributed by atoms with Crippen molar-refractivity contribution >= 4 is 17.5 Å². The van der Waals surface area contributed by atoms with Crippen LogP contribution < -0.4 is 5.32 Å². The highest BCUT2D eigenvalue weighted by Gasteiger charge is 2.28. The summed E-state index contributed by atoms with van der Waals surface area (Å²) in [6.07, 6.45) is 0. The van der Waals surface area contributed by atoms with Gasteiger partial charge in [0.05, 0.1) is 5.41 Å². The summed E-state index contributed by atoms with van der Waals surface area (Å²) in [6, 6.07) is 7.37. The average Bonchev–Trinajstić information content (AvgIpc) is 2.16. The molecule has 1 aromatic carbocycles. The third kappa shape index (κ3) is 2.07. The fourth-order valence-corrected chi connectivity index (χ4v) is 1.51. The molecule has 0 aliphatic rings. The number of hydrogen-bond donors (Lipinski definition) is 1. The minimum absolute atomic E-state index is 0.0141. The van der Waals surface area contributed by atoms with Gasteiger partial charge in [0.25, 0.3) is 0 Å². The molecule has 2 nitrogen and oxygen atoms in total. The molecule has 3 heteroatoms. The first kappa shape index (κ1) is 11.1. The first-order chi connectivity index (χ1) is 6.48. The summed E-state index contributed by atoms with van der Waals surface area (Å²) in [7, 11) is 1.63. The Morgan fingerprint density at radius 2 is 2.07 bits per heavy atom. The van der Waals surface area contributed by atoms with Crippen LogP contribution in [-0.2, 0) is 10.2 Å². The third-order valence-electron chi connectivity index (χ3n) is 2.34. The molecule has 0 spiro atoms. The number of hydrogen-bond acceptors (Lipinski definition) is 1. The number of carbonyl (C=O) groups excluding carboxylic acids is 1. The molecular formula is C11H14ClNO. The SMILES string of the molecule is CNC(=O)C(C)(C)c1cccc(Cl)c1. The Balaban J connectivity index is 3.09. The normalized spacial score (nSPS) is 11.1. The smallest absolute Gasteiger partial charge is 0.229 e. The van der Waals surface area contributed by atoms with E-state index in [4.69, 9.17) is 11.6 Å². The van der Waals surface area contributed by atoms with Crippen LogP contribution in [-0.4, -0.2) is 13.0 Å². The van der Waals surface area contributed by atoms with Crippen molar-refractivity contribution in [1.82, 2.24) is 5.32 Å². The molecule has 14 heavy (non-hydrogen) atoms. The molecule has 1 N–H and O–H groups in total. The molecule has 0 aliphatic heterocycles. The summed E-state index contributed by atoms with van der Waals surface area (Å²) in [4.78, 5) is 11.6. The molecule has 0 radical (unpaired) electrons. The monoisotopic (exact) mass is 211 g/mol. The maximum Gasteiger partial charge on any atom is 0.229 e. The molecule has 0 aliphatic carbocycles. The number of benzene rings is 1. The highest BCUT2D eigenvalue weighted by molar-refractivity contribution is 6.30. The van der Waals surface area contributed by atoms with Gasteiger partial charge in [-0.05, 0) is 31.5 Å². The van der Waals surface area contributed by atoms with Crippen LogP contribution in [0.4, 0.5) is 0 Å². The predicted molar refractivity (Wildman–Crippen MR) is 58.5 cm³/mol. The zero-order valence-corrected chi connectivity index (χ0v) is 9.35. The van der Waals surface area contributed by atoms with E-state index in [0.29, 0.717) is 5.02 Å². The standard InChI is InChI=1S/C11H14ClNO/c1-11(2,10(14)13-3)8-5-4-6-9(12)7-8/h4-7H,1-3H3,(H,13,14). The van der Waals surface area contributed by atoms with Gasteiger partial charge in [-0.1, -0.05) is 23.7 Å². The summed E-state index contributed by atoms with van der Waals surface area (Å²) < 4.78 is 0. The molecule has 0 aromatic heterocycles. The summed E-state index contributed by atoms with van der Waals surface area (Å²) >= 11 is 5.87. The minimum Gasteiger partial charge on any atom is -0.358 e. The first-order valence-electron chi connectivity index (χ1n) is 4.46. The Morgan fingerprint density at radius 3 is 2.57 bits per heavy atom. The van der Waals surface area contributed by atoms with Crippen molar-refractivity contribution in [1.29, 1.82) is 0 Å². The highest BCUT2D eigenvalue weighted by atomic mass is 35.5. The number of amides is 1. The lowest BCUT2D eigenvalue weighted by molar-refractivity contribution is -0.125. The average molecular weight is 212 g/mol. The van der Waals surface area contributed by atoms with Crippen molar-refractivity contribution in [2.24, 2.45) is 0 Å². The van der Waals surface area contributed by atoms with Crippen LogP contribution in [0.15, 0.2) is 24.3 Å². The van der Waals surface area contributed by atoms with Gasteiger partial charge < -0.3 is 5.32 Å². The van der Waals surface area contributed by atoms with Crippen molar-refractivity contribution < 1.29 is 4.79 Å². The predicted octanol–water partition coefficient (Wildman–Crippen LogP) is 2.36. The summed E-state index contributed by atoms with van der Waals surface area (Å²) in [5.41, 5.74) is 0.379. The first-order valence-corrected chi connectivity index (χ1v) is 4.84. The maximum atomic E-state index is 11.6. The van der Waals surface area contributed by atoms with E-state index in [2.05, 4.69) is 5.32 Å². The van der Waals surface area contributed by atoms with Crippen LogP contribution in [0.3, 0.4) is 0 Å². The van der Waals surface area contributed by atoms with E-state index in [1.807, 2.05) is 32.0 Å². The van der Waals surface area contributed by atoms with Crippen molar-refractivity contribution in [2.75, 3.05) is 7.05 Å². The molecule has 0 unspecified atom stereocenters. The van der Waals surface area contributed by atoms with E-state index in [9.17, 15) is 4.79 Å². The second-order valence-corrected chi connectivity index (χ2v) is 4.15. The number of carbonyl (C=O) groups is 1. The van der Waals surface area contributed by atoms with Gasteiger partial charge in [-0.2, -0.15) is 0 Å². The zero-order chi connectivity index (χ0) is 10.8. The van der Waals surface area contributed by atoms with E-state index >= 15 is 0 Å². The Morgan fingerprint density at radius 1 is 1.43 bits per heavy atom. The Hall–Kier alpha value is -1.02. The van der Waals surface area contributed by atoms with Gasteiger partial charge in [-0.3, -0.25) is 4.79 Å². The largest absolute Gasteiger partial charge is 0.358 e. The second-order valence-electron chi connectivity index (χ2n) is 3.71. The zero-order valence-electron chi connectivity index (χ0n) is 8.60. The van der Waals surface area contributed by atoms with Crippen molar-refractivity contribution in [2.45, 2.75) is 19.3 Å². The van der Waals surface area contributed by atoms with Crippen LogP contribution in [0.2, 0.25) is 5.02 Å². The van der Waals surface area contributed by atoms with Gasteiger partial charge in [0.2, 0.25) is 5.91 Å². The lowest BCUT2D eigenvalue weighted by atomic mass is 9.84. The summed E-state index contributed by atoms with van der Waals surface area (Å²) in [6.45, 7) is 3.75. The molecule has 1 aromatic rings. The lowest BCUT2D eigenvalue weighted by Gasteiger charge is -2.23. The van der Waals surface area contributed by atoms with Gasteiger partial charge >= 0.3 is 0 Å². The van der Waals surface area contributed by atoms with Gasteiger partial charge in [0, 0.05) is 12.1 Å². The molecule has 0 atom stereocenters. The third-order valence-corrected chi connectivity index (χ3v) is 2.58. The summed E-state index contributed by atoms with van der Waals surface area (Å²) in [5.74, 6) is -0.0141. The quantitative estimate of drug-likeness (QED) is 0.800. The Bertz CT molecular complexity index is 347. The van der Waals surface area contributed by atoms with Crippen molar-refractivity contribution in [3.63, 3.8) is 0 Å². The van der Waals surface area contributed by atoms with Gasteiger partial charge in [0.1, 0.15) is 0 Å². The topological polar surface area (TPSA) is 29.1 Å². The highest BCUT2D eigenvalue weighted by Crippen LogP contribution is 2.25. The van der Waals surface area contributed by atoms with Crippen molar-refractivity contribution in [3.8, 4) is 0 Å². The van der Waals surface area contributed by atoms with Crippen LogP contribution >= 0.6 is 11.6 Å². The van der Waals surface area contributed by atoms with E-state index in [-0.39, 0.29) is 5.91 Å². The van der Waals surface area contributed by atoms with Crippen LogP contribution in [0, 0.1) is 0 Å². The van der Waals surface area contributed by atoms with E-state index < -0.39 is 5.41 Å². The van der Waals surface area contributed by atoms with Gasteiger partial charge in [0.15, 0.2) is 0 Å². The maximum absolute atomic E-state index is 11.6. The van der Waals surface area contributed by atoms with Gasteiger partial charge in [-0.25, -0.2) is 0 Å². The fraction of sp³-hybridized carbons (Fsp3) is 0.364. The number of nitrogens with one attached hydrogen (secondary N) is 1. The second kappa shape index (κ2) is 4.01. The lowest BCUT2D eigenvalue weighted by Crippen LogP contribution is -2.37. The van der Waals surface area contributed by atoms with E-state index in [1.165, 1.54) is 0 Å². The number of rotatable bonds is 2. The molecule has 1 rings (SSSR count). The fourth-order valence-electron chi connectivity index (χ4n) is 1.32. The summed E-state index contributed by atoms with van der Waals surface area (Å²) in [5, 5.41) is 3.29. The Labute approximate surface area is 89.3 Å². The molecule has 0 saturated carbocycles. The molecule has 0 saturated heterocycles. The van der Waals surface area contributed by atoms with E-state index in [1.54, 1.807) is 13.1 Å². The molecule has 76 valence electrons. The van der Waals surface area contributed by atoms with E-state index in [0.717, 1.165) is 5.56 Å².